The molecule has 0 bridgehead atoms. The fourth-order valence-corrected chi connectivity index (χ4v) is 3.91. The maximum atomic E-state index is 5.98. The molecule has 2 N–H and O–H groups in total. The van der Waals surface area contributed by atoms with Gasteiger partial charge in [0.05, 0.1) is 0 Å². The molecule has 94 valence electrons. The normalized spacial score (nSPS) is 33.4. The number of rotatable bonds is 2. The second-order valence-electron chi connectivity index (χ2n) is 6.24. The van der Waals surface area contributed by atoms with Crippen LogP contribution in [0.1, 0.15) is 39.5 Å². The van der Waals surface area contributed by atoms with Crippen LogP contribution in [-0.2, 0) is 0 Å². The van der Waals surface area contributed by atoms with Gasteiger partial charge in [0.1, 0.15) is 0 Å². The first-order valence-electron chi connectivity index (χ1n) is 6.71. The Hall–Kier alpha value is -0.120. The van der Waals surface area contributed by atoms with E-state index in [9.17, 15) is 0 Å². The lowest BCUT2D eigenvalue weighted by molar-refractivity contribution is -0.0416. The number of nitrogens with two attached hydrogens (primary N) is 1. The molecular weight excluding hydrogens is 198 g/mol. The van der Waals surface area contributed by atoms with Crippen LogP contribution in [-0.4, -0.2) is 54.1 Å². The van der Waals surface area contributed by atoms with Crippen molar-refractivity contribution < 1.29 is 0 Å². The summed E-state index contributed by atoms with van der Waals surface area (Å²) >= 11 is 0. The van der Waals surface area contributed by atoms with E-state index in [0.29, 0.717) is 6.04 Å². The fourth-order valence-electron chi connectivity index (χ4n) is 3.91. The molecule has 3 nitrogen and oxygen atoms in total. The molecule has 0 amide bonds. The molecule has 1 saturated carbocycles. The number of piperazine rings is 1. The monoisotopic (exact) mass is 225 g/mol. The van der Waals surface area contributed by atoms with Crippen LogP contribution in [0.15, 0.2) is 0 Å². The summed E-state index contributed by atoms with van der Waals surface area (Å²) < 4.78 is 0. The second kappa shape index (κ2) is 4.63. The molecule has 1 unspecified atom stereocenters. The average molecular weight is 225 g/mol. The van der Waals surface area contributed by atoms with Gasteiger partial charge in [-0.1, -0.05) is 12.8 Å². The Morgan fingerprint density at radius 2 is 1.88 bits per heavy atom. The molecule has 3 heteroatoms. The van der Waals surface area contributed by atoms with Crippen LogP contribution >= 0.6 is 0 Å². The van der Waals surface area contributed by atoms with Crippen LogP contribution < -0.4 is 5.73 Å². The van der Waals surface area contributed by atoms with Crippen molar-refractivity contribution in [3.05, 3.63) is 0 Å². The first-order chi connectivity index (χ1) is 7.54. The van der Waals surface area contributed by atoms with E-state index in [-0.39, 0.29) is 5.54 Å². The molecule has 16 heavy (non-hydrogen) atoms. The third-order valence-electron chi connectivity index (χ3n) is 4.26. The van der Waals surface area contributed by atoms with Gasteiger partial charge in [0, 0.05) is 37.3 Å². The van der Waals surface area contributed by atoms with E-state index in [2.05, 4.69) is 30.7 Å². The molecule has 2 fully saturated rings. The Kier molecular flexibility index (Phi) is 3.57. The van der Waals surface area contributed by atoms with Crippen molar-refractivity contribution in [3.63, 3.8) is 0 Å². The van der Waals surface area contributed by atoms with Crippen LogP contribution in [0.25, 0.3) is 0 Å². The highest BCUT2D eigenvalue weighted by atomic mass is 15.3. The highest BCUT2D eigenvalue weighted by Crippen LogP contribution is 2.33. The number of hydrogen-bond donors (Lipinski definition) is 1. The summed E-state index contributed by atoms with van der Waals surface area (Å²) in [5, 5.41) is 0. The van der Waals surface area contributed by atoms with Crippen LogP contribution in [0.5, 0.6) is 0 Å². The van der Waals surface area contributed by atoms with Crippen LogP contribution in [0, 0.1) is 0 Å². The minimum atomic E-state index is 0.284. The Bertz CT molecular complexity index is 233. The van der Waals surface area contributed by atoms with Gasteiger partial charge in [-0.05, 0) is 33.7 Å². The Balaban J connectivity index is 2.15. The third-order valence-corrected chi connectivity index (χ3v) is 4.26. The van der Waals surface area contributed by atoms with Gasteiger partial charge in [0.2, 0.25) is 0 Å². The van der Waals surface area contributed by atoms with Crippen molar-refractivity contribution in [2.24, 2.45) is 5.73 Å². The standard InChI is InChI=1S/C13H27N3/c1-13(2)10-15(3)9-12(8-14)16(13)11-6-4-5-7-11/h11-12H,4-10,14H2,1-3H3. The van der Waals surface area contributed by atoms with Crippen molar-refractivity contribution in [1.82, 2.24) is 9.80 Å². The lowest BCUT2D eigenvalue weighted by Crippen LogP contribution is -2.67. The molecule has 1 atom stereocenters. The predicted molar refractivity (Wildman–Crippen MR) is 68.5 cm³/mol. The molecule has 1 saturated heterocycles. The van der Waals surface area contributed by atoms with E-state index in [1.54, 1.807) is 0 Å². The highest BCUT2D eigenvalue weighted by Gasteiger charge is 2.42. The second-order valence-corrected chi connectivity index (χ2v) is 6.24. The number of nitrogens with zero attached hydrogens (tertiary/aromatic N) is 2. The molecule has 2 aliphatic rings. The minimum Gasteiger partial charge on any atom is -0.329 e. The maximum Gasteiger partial charge on any atom is 0.0354 e. The quantitative estimate of drug-likeness (QED) is 0.768. The molecule has 0 aromatic heterocycles. The average Bonchev–Trinajstić information content (AvgIpc) is 2.67. The topological polar surface area (TPSA) is 32.5 Å². The Morgan fingerprint density at radius 1 is 1.25 bits per heavy atom. The molecule has 0 spiro atoms. The van der Waals surface area contributed by atoms with Gasteiger partial charge >= 0.3 is 0 Å². The van der Waals surface area contributed by atoms with E-state index in [0.717, 1.165) is 19.1 Å². The largest absolute Gasteiger partial charge is 0.329 e. The summed E-state index contributed by atoms with van der Waals surface area (Å²) in [6.45, 7) is 7.86. The van der Waals surface area contributed by atoms with Crippen LogP contribution in [0.3, 0.4) is 0 Å². The summed E-state index contributed by atoms with van der Waals surface area (Å²) in [6, 6.07) is 1.34. The van der Waals surface area contributed by atoms with Gasteiger partial charge in [-0.2, -0.15) is 0 Å². The first kappa shape index (κ1) is 12.3. The van der Waals surface area contributed by atoms with Crippen molar-refractivity contribution in [3.8, 4) is 0 Å². The predicted octanol–water partition coefficient (Wildman–Crippen LogP) is 1.28. The Labute approximate surface area is 100.0 Å². The highest BCUT2D eigenvalue weighted by molar-refractivity contribution is 4.99. The van der Waals surface area contributed by atoms with Gasteiger partial charge in [-0.25, -0.2) is 0 Å². The third kappa shape index (κ3) is 2.27. The van der Waals surface area contributed by atoms with Gasteiger partial charge in [-0.15, -0.1) is 0 Å². The van der Waals surface area contributed by atoms with E-state index in [4.69, 9.17) is 5.73 Å². The maximum absolute atomic E-state index is 5.98. The zero-order chi connectivity index (χ0) is 11.8. The van der Waals surface area contributed by atoms with Crippen molar-refractivity contribution >= 4 is 0 Å². The van der Waals surface area contributed by atoms with E-state index < -0.39 is 0 Å². The summed E-state index contributed by atoms with van der Waals surface area (Å²) in [5.41, 5.74) is 6.26. The molecule has 0 aromatic rings. The number of hydrogen-bond acceptors (Lipinski definition) is 3. The lowest BCUT2D eigenvalue weighted by Gasteiger charge is -2.53. The first-order valence-corrected chi connectivity index (χ1v) is 6.71. The van der Waals surface area contributed by atoms with E-state index in [1.807, 2.05) is 0 Å². The summed E-state index contributed by atoms with van der Waals surface area (Å²) in [5.74, 6) is 0. The van der Waals surface area contributed by atoms with E-state index >= 15 is 0 Å². The summed E-state index contributed by atoms with van der Waals surface area (Å²) in [7, 11) is 2.22. The van der Waals surface area contributed by atoms with Crippen molar-refractivity contribution in [1.29, 1.82) is 0 Å². The van der Waals surface area contributed by atoms with Crippen molar-refractivity contribution in [2.75, 3.05) is 26.7 Å². The molecule has 2 rings (SSSR count). The fraction of sp³-hybridized carbons (Fsp3) is 1.00. The molecule has 0 radical (unpaired) electrons. The van der Waals surface area contributed by atoms with Gasteiger partial charge in [-0.3, -0.25) is 4.90 Å². The molecule has 0 aromatic carbocycles. The minimum absolute atomic E-state index is 0.284. The van der Waals surface area contributed by atoms with Gasteiger partial charge in [0.15, 0.2) is 0 Å². The summed E-state index contributed by atoms with van der Waals surface area (Å²) in [6.07, 6.45) is 5.57. The molecule has 1 aliphatic heterocycles. The van der Waals surface area contributed by atoms with Crippen molar-refractivity contribution in [2.45, 2.75) is 57.2 Å². The van der Waals surface area contributed by atoms with Crippen LogP contribution in [0.4, 0.5) is 0 Å². The van der Waals surface area contributed by atoms with Crippen LogP contribution in [0.2, 0.25) is 0 Å². The SMILES string of the molecule is CN1CC(CN)N(C2CCCC2)C(C)(C)C1. The Morgan fingerprint density at radius 3 is 2.44 bits per heavy atom. The zero-order valence-corrected chi connectivity index (χ0v) is 11.1. The lowest BCUT2D eigenvalue weighted by atomic mass is 9.92. The van der Waals surface area contributed by atoms with Gasteiger partial charge < -0.3 is 10.6 Å². The zero-order valence-electron chi connectivity index (χ0n) is 11.1. The molecule has 1 aliphatic carbocycles. The van der Waals surface area contributed by atoms with E-state index in [1.165, 1.54) is 32.2 Å². The molecular formula is C13H27N3. The summed E-state index contributed by atoms with van der Waals surface area (Å²) in [4.78, 5) is 5.17. The molecule has 1 heterocycles. The smallest absolute Gasteiger partial charge is 0.0354 e. The number of likely N-dealkylation sites (N-methyl/N-ethyl adjacent to an activating group) is 1. The van der Waals surface area contributed by atoms with Gasteiger partial charge in [0.25, 0.3) is 0 Å².